The molecule has 2 aromatic carbocycles. The van der Waals surface area contributed by atoms with Crippen molar-refractivity contribution < 1.29 is 4.79 Å². The van der Waals surface area contributed by atoms with Gasteiger partial charge >= 0.3 is 0 Å². The van der Waals surface area contributed by atoms with Crippen LogP contribution in [0.25, 0.3) is 6.08 Å². The minimum atomic E-state index is 0.104. The van der Waals surface area contributed by atoms with Crippen molar-refractivity contribution in [2.45, 2.75) is 32.6 Å². The Balaban J connectivity index is 1.90. The molecule has 0 unspecified atom stereocenters. The van der Waals surface area contributed by atoms with Crippen LogP contribution in [0.1, 0.15) is 47.8 Å². The van der Waals surface area contributed by atoms with Crippen molar-refractivity contribution in [3.05, 3.63) is 70.3 Å². The zero-order valence-electron chi connectivity index (χ0n) is 15.2. The predicted octanol–water partition coefficient (Wildman–Crippen LogP) is 4.87. The van der Waals surface area contributed by atoms with Gasteiger partial charge in [0.1, 0.15) is 0 Å². The molecule has 0 fully saturated rings. The maximum atomic E-state index is 12.7. The lowest BCUT2D eigenvalue weighted by atomic mass is 9.85. The monoisotopic (exact) mass is 319 g/mol. The molecule has 1 aliphatic carbocycles. The lowest BCUT2D eigenvalue weighted by Gasteiger charge is -2.19. The fraction of sp³-hybridized carbons (Fsp3) is 0.318. The lowest BCUT2D eigenvalue weighted by Crippen LogP contribution is -2.11. The van der Waals surface area contributed by atoms with Crippen molar-refractivity contribution in [1.82, 2.24) is 0 Å². The number of anilines is 1. The number of carbonyl (C=O) groups is 1. The van der Waals surface area contributed by atoms with Gasteiger partial charge in [-0.25, -0.2) is 0 Å². The van der Waals surface area contributed by atoms with Crippen LogP contribution in [0.4, 0.5) is 5.69 Å². The van der Waals surface area contributed by atoms with E-state index in [0.29, 0.717) is 0 Å². The predicted molar refractivity (Wildman–Crippen MR) is 102 cm³/mol. The van der Waals surface area contributed by atoms with E-state index in [0.717, 1.165) is 34.4 Å². The number of Topliss-reactive ketones (excluding diaryl/α,β-unsaturated/α-hetero) is 1. The number of fused-ring (bicyclic) bond motifs is 1. The molecule has 24 heavy (non-hydrogen) atoms. The van der Waals surface area contributed by atoms with E-state index in [9.17, 15) is 4.79 Å². The standard InChI is InChI=1S/C22H25NO/c1-22(2,3)18-8-11-20-16(14-18)13-17(21(20)24)12-15-6-9-19(10-7-15)23(4)5/h6-12,14H,13H2,1-5H3. The number of rotatable bonds is 2. The van der Waals surface area contributed by atoms with Crippen molar-refractivity contribution in [3.63, 3.8) is 0 Å². The fourth-order valence-corrected chi connectivity index (χ4v) is 3.07. The molecule has 3 rings (SSSR count). The van der Waals surface area contributed by atoms with Gasteiger partial charge in [-0.3, -0.25) is 4.79 Å². The molecule has 1 aliphatic rings. The van der Waals surface area contributed by atoms with Gasteiger partial charge in [-0.15, -0.1) is 0 Å². The van der Waals surface area contributed by atoms with Gasteiger partial charge in [-0.1, -0.05) is 51.1 Å². The molecule has 0 atom stereocenters. The van der Waals surface area contributed by atoms with E-state index in [4.69, 9.17) is 0 Å². The number of hydrogen-bond donors (Lipinski definition) is 0. The Labute approximate surface area is 144 Å². The largest absolute Gasteiger partial charge is 0.378 e. The summed E-state index contributed by atoms with van der Waals surface area (Å²) in [4.78, 5) is 14.7. The molecule has 0 saturated carbocycles. The van der Waals surface area contributed by atoms with Gasteiger partial charge in [-0.05, 0) is 40.3 Å². The first-order valence-corrected chi connectivity index (χ1v) is 8.42. The molecule has 0 spiro atoms. The fourth-order valence-electron chi connectivity index (χ4n) is 3.07. The van der Waals surface area contributed by atoms with Crippen molar-refractivity contribution in [2.75, 3.05) is 19.0 Å². The van der Waals surface area contributed by atoms with E-state index in [1.807, 2.05) is 26.2 Å². The van der Waals surface area contributed by atoms with Gasteiger partial charge < -0.3 is 4.90 Å². The van der Waals surface area contributed by atoms with E-state index < -0.39 is 0 Å². The highest BCUT2D eigenvalue weighted by Crippen LogP contribution is 2.32. The smallest absolute Gasteiger partial charge is 0.189 e. The van der Waals surface area contributed by atoms with Crippen LogP contribution in [-0.2, 0) is 11.8 Å². The zero-order chi connectivity index (χ0) is 17.5. The number of allylic oxidation sites excluding steroid dienone is 1. The summed E-state index contributed by atoms with van der Waals surface area (Å²) in [6, 6.07) is 14.6. The van der Waals surface area contributed by atoms with E-state index in [-0.39, 0.29) is 11.2 Å². The van der Waals surface area contributed by atoms with Crippen molar-refractivity contribution in [2.24, 2.45) is 0 Å². The van der Waals surface area contributed by atoms with Gasteiger partial charge in [0.15, 0.2) is 5.78 Å². The third-order valence-electron chi connectivity index (χ3n) is 4.64. The quantitative estimate of drug-likeness (QED) is 0.736. The lowest BCUT2D eigenvalue weighted by molar-refractivity contribution is 0.104. The molecule has 0 bridgehead atoms. The summed E-state index contributed by atoms with van der Waals surface area (Å²) in [6.45, 7) is 6.61. The average Bonchev–Trinajstić information content (AvgIpc) is 2.83. The molecule has 2 heteroatoms. The molecule has 0 saturated heterocycles. The summed E-state index contributed by atoms with van der Waals surface area (Å²) in [5.41, 5.74) is 6.52. The van der Waals surface area contributed by atoms with Crippen LogP contribution in [0.5, 0.6) is 0 Å². The van der Waals surface area contributed by atoms with Gasteiger partial charge in [0.2, 0.25) is 0 Å². The summed E-state index contributed by atoms with van der Waals surface area (Å²) >= 11 is 0. The molecule has 0 amide bonds. The van der Waals surface area contributed by atoms with Gasteiger partial charge in [0.05, 0.1) is 0 Å². The molecule has 0 heterocycles. The first-order chi connectivity index (χ1) is 11.3. The van der Waals surface area contributed by atoms with Crippen LogP contribution in [-0.4, -0.2) is 19.9 Å². The maximum absolute atomic E-state index is 12.7. The van der Waals surface area contributed by atoms with Crippen molar-refractivity contribution in [1.29, 1.82) is 0 Å². The number of ketones is 1. The minimum absolute atomic E-state index is 0.104. The second-order valence-electron chi connectivity index (χ2n) is 7.78. The Morgan fingerprint density at radius 3 is 2.25 bits per heavy atom. The highest BCUT2D eigenvalue weighted by molar-refractivity contribution is 6.15. The van der Waals surface area contributed by atoms with Gasteiger partial charge in [0, 0.05) is 37.3 Å². The van der Waals surface area contributed by atoms with Crippen LogP contribution < -0.4 is 4.90 Å². The van der Waals surface area contributed by atoms with Crippen LogP contribution in [0.15, 0.2) is 48.0 Å². The van der Waals surface area contributed by atoms with Crippen molar-refractivity contribution >= 4 is 17.5 Å². The Bertz CT molecular complexity index is 805. The van der Waals surface area contributed by atoms with Crippen LogP contribution >= 0.6 is 0 Å². The molecular formula is C22H25NO. The molecule has 0 radical (unpaired) electrons. The highest BCUT2D eigenvalue weighted by atomic mass is 16.1. The minimum Gasteiger partial charge on any atom is -0.378 e. The number of benzene rings is 2. The van der Waals surface area contributed by atoms with E-state index in [2.05, 4.69) is 62.1 Å². The summed E-state index contributed by atoms with van der Waals surface area (Å²) in [5, 5.41) is 0. The average molecular weight is 319 g/mol. The summed E-state index contributed by atoms with van der Waals surface area (Å²) in [5.74, 6) is 0.169. The summed E-state index contributed by atoms with van der Waals surface area (Å²) in [7, 11) is 4.05. The van der Waals surface area contributed by atoms with Crippen LogP contribution in [0.3, 0.4) is 0 Å². The summed E-state index contributed by atoms with van der Waals surface area (Å²) in [6.07, 6.45) is 2.76. The van der Waals surface area contributed by atoms with E-state index in [1.54, 1.807) is 0 Å². The molecule has 0 N–H and O–H groups in total. The third kappa shape index (κ3) is 3.14. The second-order valence-corrected chi connectivity index (χ2v) is 7.78. The Morgan fingerprint density at radius 2 is 1.67 bits per heavy atom. The Kier molecular flexibility index (Phi) is 4.08. The van der Waals surface area contributed by atoms with Gasteiger partial charge in [-0.2, -0.15) is 0 Å². The van der Waals surface area contributed by atoms with Crippen LogP contribution in [0, 0.1) is 0 Å². The number of hydrogen-bond acceptors (Lipinski definition) is 2. The second kappa shape index (κ2) is 5.94. The van der Waals surface area contributed by atoms with E-state index in [1.165, 1.54) is 5.56 Å². The highest BCUT2D eigenvalue weighted by Gasteiger charge is 2.26. The molecule has 0 aromatic heterocycles. The summed E-state index contributed by atoms with van der Waals surface area (Å²) < 4.78 is 0. The topological polar surface area (TPSA) is 20.3 Å². The van der Waals surface area contributed by atoms with Crippen LogP contribution in [0.2, 0.25) is 0 Å². The molecule has 2 aromatic rings. The first-order valence-electron chi connectivity index (χ1n) is 8.42. The van der Waals surface area contributed by atoms with E-state index >= 15 is 0 Å². The number of nitrogens with zero attached hydrogens (tertiary/aromatic N) is 1. The SMILES string of the molecule is CN(C)c1ccc(C=C2Cc3cc(C(C)(C)C)ccc3C2=O)cc1. The normalized spacial score (nSPS) is 15.7. The molecule has 2 nitrogen and oxygen atoms in total. The van der Waals surface area contributed by atoms with Crippen molar-refractivity contribution in [3.8, 4) is 0 Å². The Hall–Kier alpha value is -2.35. The molecule has 124 valence electrons. The van der Waals surface area contributed by atoms with Gasteiger partial charge in [0.25, 0.3) is 0 Å². The third-order valence-corrected chi connectivity index (χ3v) is 4.64. The zero-order valence-corrected chi connectivity index (χ0v) is 15.2. The molecule has 0 aliphatic heterocycles. The number of carbonyl (C=O) groups excluding carboxylic acids is 1. The first kappa shape index (κ1) is 16.5. The molecular weight excluding hydrogens is 294 g/mol. The Morgan fingerprint density at radius 1 is 1.00 bits per heavy atom. The maximum Gasteiger partial charge on any atom is 0.189 e.